The van der Waals surface area contributed by atoms with Crippen LogP contribution in [0.1, 0.15) is 39.4 Å². The van der Waals surface area contributed by atoms with Crippen LogP contribution in [0, 0.1) is 5.92 Å². The highest BCUT2D eigenvalue weighted by atomic mass is 32.1. The first-order valence-electron chi connectivity index (χ1n) is 9.21. The number of ether oxygens (including phenoxy) is 1. The molecule has 0 fully saturated rings. The second-order valence-corrected chi connectivity index (χ2v) is 8.18. The van der Waals surface area contributed by atoms with Gasteiger partial charge in [0.2, 0.25) is 0 Å². The Balaban J connectivity index is 1.67. The summed E-state index contributed by atoms with van der Waals surface area (Å²) < 4.78 is 5.20. The third kappa shape index (κ3) is 4.22. The van der Waals surface area contributed by atoms with E-state index < -0.39 is 30.4 Å². The summed E-state index contributed by atoms with van der Waals surface area (Å²) >= 11 is 1.53. The summed E-state index contributed by atoms with van der Waals surface area (Å²) in [5.41, 5.74) is 0.533. The SMILES string of the molecule is CC(C)[C@H](C(=O)OCC(=O)N(C)Cc1cccs1)N1C(=O)c2ccccc2C1=O. The van der Waals surface area contributed by atoms with Gasteiger partial charge in [0.25, 0.3) is 17.7 Å². The Hall–Kier alpha value is -3.00. The van der Waals surface area contributed by atoms with Gasteiger partial charge in [0.15, 0.2) is 6.61 Å². The van der Waals surface area contributed by atoms with Crippen LogP contribution in [0.2, 0.25) is 0 Å². The molecule has 2 aromatic rings. The van der Waals surface area contributed by atoms with E-state index >= 15 is 0 Å². The van der Waals surface area contributed by atoms with Crippen LogP contribution in [-0.2, 0) is 20.9 Å². The normalized spacial score (nSPS) is 14.1. The molecule has 7 nitrogen and oxygen atoms in total. The third-order valence-electron chi connectivity index (χ3n) is 4.71. The molecule has 1 aliphatic rings. The van der Waals surface area contributed by atoms with Crippen LogP contribution in [0.15, 0.2) is 41.8 Å². The Bertz CT molecular complexity index is 903. The zero-order chi connectivity index (χ0) is 21.1. The number of carbonyl (C=O) groups is 4. The van der Waals surface area contributed by atoms with Crippen molar-refractivity contribution < 1.29 is 23.9 Å². The van der Waals surface area contributed by atoms with Crippen molar-refractivity contribution in [1.82, 2.24) is 9.80 Å². The van der Waals surface area contributed by atoms with Gasteiger partial charge in [-0.3, -0.25) is 19.3 Å². The molecule has 29 heavy (non-hydrogen) atoms. The van der Waals surface area contributed by atoms with Gasteiger partial charge in [-0.1, -0.05) is 32.0 Å². The van der Waals surface area contributed by atoms with E-state index in [1.165, 1.54) is 16.2 Å². The van der Waals surface area contributed by atoms with Crippen molar-refractivity contribution in [2.75, 3.05) is 13.7 Å². The topological polar surface area (TPSA) is 84.0 Å². The highest BCUT2D eigenvalue weighted by Gasteiger charge is 2.44. The number of thiophene rings is 1. The average Bonchev–Trinajstić information content (AvgIpc) is 3.29. The Kier molecular flexibility index (Phi) is 6.12. The van der Waals surface area contributed by atoms with Crippen molar-refractivity contribution in [2.45, 2.75) is 26.4 Å². The first-order chi connectivity index (χ1) is 13.8. The quantitative estimate of drug-likeness (QED) is 0.514. The third-order valence-corrected chi connectivity index (χ3v) is 5.57. The standard InChI is InChI=1S/C21H22N2O5S/c1-13(2)18(23-19(25)15-8-4-5-9-16(15)20(23)26)21(27)28-12-17(24)22(3)11-14-7-6-10-29-14/h4-10,13,18H,11-12H2,1-3H3/t18-/m1/s1. The summed E-state index contributed by atoms with van der Waals surface area (Å²) in [5.74, 6) is -2.56. The largest absolute Gasteiger partial charge is 0.454 e. The van der Waals surface area contributed by atoms with Crippen LogP contribution in [0.5, 0.6) is 0 Å². The Labute approximate surface area is 172 Å². The highest BCUT2D eigenvalue weighted by molar-refractivity contribution is 7.09. The summed E-state index contributed by atoms with van der Waals surface area (Å²) in [6.45, 7) is 3.41. The molecule has 1 aromatic heterocycles. The van der Waals surface area contributed by atoms with Gasteiger partial charge in [0, 0.05) is 11.9 Å². The lowest BCUT2D eigenvalue weighted by Crippen LogP contribution is -2.49. The molecule has 0 spiro atoms. The van der Waals surface area contributed by atoms with E-state index in [0.29, 0.717) is 6.54 Å². The lowest BCUT2D eigenvalue weighted by molar-refractivity contribution is -0.156. The second-order valence-electron chi connectivity index (χ2n) is 7.15. The molecule has 152 valence electrons. The average molecular weight is 414 g/mol. The summed E-state index contributed by atoms with van der Waals surface area (Å²) in [4.78, 5) is 53.8. The van der Waals surface area contributed by atoms with E-state index in [-0.39, 0.29) is 23.0 Å². The predicted octanol–water partition coefficient (Wildman–Crippen LogP) is 2.57. The smallest absolute Gasteiger partial charge is 0.330 e. The van der Waals surface area contributed by atoms with Crippen molar-refractivity contribution in [2.24, 2.45) is 5.92 Å². The maximum Gasteiger partial charge on any atom is 0.330 e. The van der Waals surface area contributed by atoms with Crippen LogP contribution >= 0.6 is 11.3 Å². The Morgan fingerprint density at radius 3 is 2.21 bits per heavy atom. The van der Waals surface area contributed by atoms with Crippen molar-refractivity contribution in [3.63, 3.8) is 0 Å². The van der Waals surface area contributed by atoms with Crippen molar-refractivity contribution in [3.05, 3.63) is 57.8 Å². The zero-order valence-electron chi connectivity index (χ0n) is 16.5. The molecule has 0 unspecified atom stereocenters. The maximum absolute atomic E-state index is 12.7. The van der Waals surface area contributed by atoms with Crippen LogP contribution in [0.4, 0.5) is 0 Å². The zero-order valence-corrected chi connectivity index (χ0v) is 17.3. The molecule has 3 amide bonds. The Morgan fingerprint density at radius 2 is 1.69 bits per heavy atom. The summed E-state index contributed by atoms with van der Waals surface area (Å²) in [7, 11) is 1.62. The van der Waals surface area contributed by atoms with Crippen molar-refractivity contribution in [3.8, 4) is 0 Å². The van der Waals surface area contributed by atoms with Gasteiger partial charge in [0.05, 0.1) is 17.7 Å². The minimum absolute atomic E-state index is 0.266. The van der Waals surface area contributed by atoms with Gasteiger partial charge in [0.1, 0.15) is 6.04 Å². The number of imide groups is 1. The number of rotatable bonds is 7. The molecule has 3 rings (SSSR count). The molecule has 2 heterocycles. The Morgan fingerprint density at radius 1 is 1.07 bits per heavy atom. The number of esters is 1. The molecule has 1 aliphatic heterocycles. The van der Waals surface area contributed by atoms with Gasteiger partial charge < -0.3 is 9.64 Å². The van der Waals surface area contributed by atoms with Gasteiger partial charge in [-0.05, 0) is 29.5 Å². The molecule has 8 heteroatoms. The molecule has 0 aliphatic carbocycles. The summed E-state index contributed by atoms with van der Waals surface area (Å²) in [6, 6.07) is 9.16. The first kappa shape index (κ1) is 20.7. The molecule has 0 saturated heterocycles. The predicted molar refractivity (Wildman–Crippen MR) is 107 cm³/mol. The van der Waals surface area contributed by atoms with Crippen LogP contribution in [-0.4, -0.2) is 53.2 Å². The van der Waals surface area contributed by atoms with Crippen LogP contribution < -0.4 is 0 Å². The highest BCUT2D eigenvalue weighted by Crippen LogP contribution is 2.27. The van der Waals surface area contributed by atoms with E-state index in [2.05, 4.69) is 0 Å². The first-order valence-corrected chi connectivity index (χ1v) is 10.1. The van der Waals surface area contributed by atoms with Crippen LogP contribution in [0.25, 0.3) is 0 Å². The molecule has 0 bridgehead atoms. The second kappa shape index (κ2) is 8.57. The fourth-order valence-electron chi connectivity index (χ4n) is 3.19. The van der Waals surface area contributed by atoms with Gasteiger partial charge >= 0.3 is 5.97 Å². The molecule has 1 aromatic carbocycles. The molecule has 0 saturated carbocycles. The van der Waals surface area contributed by atoms with Crippen LogP contribution in [0.3, 0.4) is 0 Å². The van der Waals surface area contributed by atoms with Crippen molar-refractivity contribution in [1.29, 1.82) is 0 Å². The van der Waals surface area contributed by atoms with E-state index in [4.69, 9.17) is 4.74 Å². The maximum atomic E-state index is 12.7. The summed E-state index contributed by atoms with van der Waals surface area (Å²) in [5, 5.41) is 1.92. The summed E-state index contributed by atoms with van der Waals surface area (Å²) in [6.07, 6.45) is 0. The number of hydrogen-bond acceptors (Lipinski definition) is 6. The van der Waals surface area contributed by atoms with E-state index in [9.17, 15) is 19.2 Å². The van der Waals surface area contributed by atoms with Gasteiger partial charge in [-0.25, -0.2) is 4.79 Å². The van der Waals surface area contributed by atoms with Crippen molar-refractivity contribution >= 4 is 35.0 Å². The lowest BCUT2D eigenvalue weighted by atomic mass is 10.0. The van der Waals surface area contributed by atoms with E-state index in [1.54, 1.807) is 45.2 Å². The molecule has 1 atom stereocenters. The molecule has 0 N–H and O–H groups in total. The number of amides is 3. The van der Waals surface area contributed by atoms with E-state index in [1.807, 2.05) is 17.5 Å². The fourth-order valence-corrected chi connectivity index (χ4v) is 3.95. The van der Waals surface area contributed by atoms with Gasteiger partial charge in [-0.15, -0.1) is 11.3 Å². The fraction of sp³-hybridized carbons (Fsp3) is 0.333. The van der Waals surface area contributed by atoms with E-state index in [0.717, 1.165) is 9.78 Å². The monoisotopic (exact) mass is 414 g/mol. The number of fused-ring (bicyclic) bond motifs is 1. The molecule has 0 radical (unpaired) electrons. The minimum atomic E-state index is -1.10. The molecular formula is C21H22N2O5S. The number of carbonyl (C=O) groups excluding carboxylic acids is 4. The number of hydrogen-bond donors (Lipinski definition) is 0. The molecular weight excluding hydrogens is 392 g/mol. The van der Waals surface area contributed by atoms with Gasteiger partial charge in [-0.2, -0.15) is 0 Å². The number of benzene rings is 1. The lowest BCUT2D eigenvalue weighted by Gasteiger charge is -2.27. The number of nitrogens with zero attached hydrogens (tertiary/aromatic N) is 2. The number of likely N-dealkylation sites (N-methyl/N-ethyl adjacent to an activating group) is 1. The minimum Gasteiger partial charge on any atom is -0.454 e.